The van der Waals surface area contributed by atoms with E-state index >= 15 is 0 Å². The SMILES string of the molecule is Cc1c(O)c(=O)ccn1CCCCCCNCc1ccccc1. The Morgan fingerprint density at radius 3 is 2.57 bits per heavy atom. The fourth-order valence-electron chi connectivity index (χ4n) is 2.62. The maximum atomic E-state index is 11.3. The molecule has 0 amide bonds. The number of benzene rings is 1. The van der Waals surface area contributed by atoms with Crippen molar-refractivity contribution in [3.05, 3.63) is 64.1 Å². The molecular weight excluding hydrogens is 288 g/mol. The number of rotatable bonds is 9. The second-order valence-electron chi connectivity index (χ2n) is 5.88. The molecule has 0 saturated heterocycles. The third-order valence-corrected chi connectivity index (χ3v) is 4.09. The first-order chi connectivity index (χ1) is 11.2. The molecule has 0 aliphatic heterocycles. The average Bonchev–Trinajstić information content (AvgIpc) is 2.58. The Morgan fingerprint density at radius 2 is 1.78 bits per heavy atom. The van der Waals surface area contributed by atoms with Crippen LogP contribution in [0.25, 0.3) is 0 Å². The molecule has 0 saturated carbocycles. The number of nitrogens with zero attached hydrogens (tertiary/aromatic N) is 1. The van der Waals surface area contributed by atoms with Crippen LogP contribution in [-0.2, 0) is 13.1 Å². The van der Waals surface area contributed by atoms with Crippen molar-refractivity contribution in [3.8, 4) is 5.75 Å². The normalized spacial score (nSPS) is 10.8. The van der Waals surface area contributed by atoms with Gasteiger partial charge in [0.2, 0.25) is 5.43 Å². The molecular formula is C19H26N2O2. The zero-order valence-electron chi connectivity index (χ0n) is 13.8. The number of aryl methyl sites for hydroxylation is 1. The molecule has 2 aromatic rings. The zero-order valence-corrected chi connectivity index (χ0v) is 13.8. The molecule has 23 heavy (non-hydrogen) atoms. The summed E-state index contributed by atoms with van der Waals surface area (Å²) in [6.07, 6.45) is 6.33. The highest BCUT2D eigenvalue weighted by Crippen LogP contribution is 2.11. The highest BCUT2D eigenvalue weighted by atomic mass is 16.3. The number of hydrogen-bond acceptors (Lipinski definition) is 3. The van der Waals surface area contributed by atoms with Crippen LogP contribution in [0.2, 0.25) is 0 Å². The number of aromatic nitrogens is 1. The summed E-state index contributed by atoms with van der Waals surface area (Å²) in [6, 6.07) is 11.9. The molecule has 0 atom stereocenters. The van der Waals surface area contributed by atoms with Gasteiger partial charge < -0.3 is 15.0 Å². The van der Waals surface area contributed by atoms with Crippen molar-refractivity contribution < 1.29 is 5.11 Å². The van der Waals surface area contributed by atoms with Crippen LogP contribution >= 0.6 is 0 Å². The summed E-state index contributed by atoms with van der Waals surface area (Å²) in [4.78, 5) is 11.3. The van der Waals surface area contributed by atoms with E-state index in [1.807, 2.05) is 10.6 Å². The van der Waals surface area contributed by atoms with E-state index in [0.29, 0.717) is 5.69 Å². The van der Waals surface area contributed by atoms with Gasteiger partial charge in [-0.05, 0) is 31.9 Å². The van der Waals surface area contributed by atoms with Crippen LogP contribution in [-0.4, -0.2) is 16.2 Å². The molecule has 0 radical (unpaired) electrons. The van der Waals surface area contributed by atoms with Crippen LogP contribution < -0.4 is 10.7 Å². The fraction of sp³-hybridized carbons (Fsp3) is 0.421. The minimum absolute atomic E-state index is 0.127. The molecule has 0 aliphatic carbocycles. The minimum Gasteiger partial charge on any atom is -0.503 e. The lowest BCUT2D eigenvalue weighted by molar-refractivity contribution is 0.449. The highest BCUT2D eigenvalue weighted by molar-refractivity contribution is 5.25. The van der Waals surface area contributed by atoms with E-state index in [9.17, 15) is 9.90 Å². The fourth-order valence-corrected chi connectivity index (χ4v) is 2.62. The first-order valence-electron chi connectivity index (χ1n) is 8.32. The number of pyridine rings is 1. The standard InChI is InChI=1S/C19H26N2O2/c1-16-19(23)18(22)11-14-21(16)13-8-3-2-7-12-20-15-17-9-5-4-6-10-17/h4-6,9-11,14,20,23H,2-3,7-8,12-13,15H2,1H3. The predicted molar refractivity (Wildman–Crippen MR) is 93.7 cm³/mol. The van der Waals surface area contributed by atoms with Crippen LogP contribution in [0.15, 0.2) is 47.4 Å². The van der Waals surface area contributed by atoms with Gasteiger partial charge >= 0.3 is 0 Å². The number of hydrogen-bond donors (Lipinski definition) is 2. The average molecular weight is 314 g/mol. The minimum atomic E-state index is -0.303. The van der Waals surface area contributed by atoms with Gasteiger partial charge in [-0.25, -0.2) is 0 Å². The summed E-state index contributed by atoms with van der Waals surface area (Å²) < 4.78 is 1.95. The second-order valence-corrected chi connectivity index (χ2v) is 5.88. The molecule has 4 heteroatoms. The van der Waals surface area contributed by atoms with Gasteiger partial charge in [-0.2, -0.15) is 0 Å². The predicted octanol–water partition coefficient (Wildman–Crippen LogP) is 3.21. The van der Waals surface area contributed by atoms with Gasteiger partial charge in [-0.15, -0.1) is 0 Å². The van der Waals surface area contributed by atoms with Crippen LogP contribution in [0.5, 0.6) is 5.75 Å². The van der Waals surface area contributed by atoms with Gasteiger partial charge in [0.25, 0.3) is 0 Å². The Labute approximate surface area is 137 Å². The Morgan fingerprint density at radius 1 is 1.04 bits per heavy atom. The Kier molecular flexibility index (Phi) is 6.88. The topological polar surface area (TPSA) is 54.3 Å². The Bertz CT molecular complexity index is 650. The quantitative estimate of drug-likeness (QED) is 0.699. The van der Waals surface area contributed by atoms with E-state index in [0.717, 1.165) is 32.5 Å². The third kappa shape index (κ3) is 5.57. The molecule has 4 nitrogen and oxygen atoms in total. The molecule has 0 unspecified atom stereocenters. The summed E-state index contributed by atoms with van der Waals surface area (Å²) in [6.45, 7) is 4.59. The number of aromatic hydroxyl groups is 1. The van der Waals surface area contributed by atoms with Crippen LogP contribution in [0.1, 0.15) is 36.9 Å². The van der Waals surface area contributed by atoms with Crippen molar-refractivity contribution in [2.24, 2.45) is 0 Å². The second kappa shape index (κ2) is 9.16. The first-order valence-corrected chi connectivity index (χ1v) is 8.32. The summed E-state index contributed by atoms with van der Waals surface area (Å²) in [5.41, 5.74) is 1.67. The summed E-state index contributed by atoms with van der Waals surface area (Å²) in [5.74, 6) is -0.127. The lowest BCUT2D eigenvalue weighted by Gasteiger charge is -2.11. The molecule has 2 rings (SSSR count). The van der Waals surface area contributed by atoms with Gasteiger partial charge in [-0.3, -0.25) is 4.79 Å². The van der Waals surface area contributed by atoms with E-state index < -0.39 is 0 Å². The van der Waals surface area contributed by atoms with Crippen molar-refractivity contribution in [1.29, 1.82) is 0 Å². The van der Waals surface area contributed by atoms with Gasteiger partial charge in [0.1, 0.15) is 0 Å². The van der Waals surface area contributed by atoms with E-state index in [4.69, 9.17) is 0 Å². The van der Waals surface area contributed by atoms with Crippen LogP contribution in [0.3, 0.4) is 0 Å². The van der Waals surface area contributed by atoms with E-state index in [2.05, 4.69) is 29.6 Å². The molecule has 124 valence electrons. The number of nitrogens with one attached hydrogen (secondary N) is 1. The third-order valence-electron chi connectivity index (χ3n) is 4.09. The lowest BCUT2D eigenvalue weighted by Crippen LogP contribution is -2.14. The van der Waals surface area contributed by atoms with Gasteiger partial charge in [0.15, 0.2) is 5.75 Å². The molecule has 1 aromatic carbocycles. The van der Waals surface area contributed by atoms with Crippen molar-refractivity contribution in [3.63, 3.8) is 0 Å². The van der Waals surface area contributed by atoms with Crippen molar-refractivity contribution in [2.45, 2.75) is 45.7 Å². The number of unbranched alkanes of at least 4 members (excludes halogenated alkanes) is 3. The smallest absolute Gasteiger partial charge is 0.223 e. The molecule has 1 aromatic heterocycles. The van der Waals surface area contributed by atoms with Crippen molar-refractivity contribution in [1.82, 2.24) is 9.88 Å². The molecule has 0 spiro atoms. The largest absolute Gasteiger partial charge is 0.503 e. The first kappa shape index (κ1) is 17.3. The molecule has 0 fully saturated rings. The van der Waals surface area contributed by atoms with Crippen molar-refractivity contribution >= 4 is 0 Å². The van der Waals surface area contributed by atoms with Gasteiger partial charge in [0.05, 0.1) is 5.69 Å². The van der Waals surface area contributed by atoms with E-state index in [-0.39, 0.29) is 11.2 Å². The molecule has 2 N–H and O–H groups in total. The Hall–Kier alpha value is -2.07. The molecule has 0 aliphatic rings. The molecule has 1 heterocycles. The van der Waals surface area contributed by atoms with Crippen LogP contribution in [0.4, 0.5) is 0 Å². The zero-order chi connectivity index (χ0) is 16.5. The van der Waals surface area contributed by atoms with Crippen molar-refractivity contribution in [2.75, 3.05) is 6.54 Å². The maximum absolute atomic E-state index is 11.3. The highest BCUT2D eigenvalue weighted by Gasteiger charge is 2.04. The molecule has 0 bridgehead atoms. The summed E-state index contributed by atoms with van der Waals surface area (Å²) >= 11 is 0. The monoisotopic (exact) mass is 314 g/mol. The lowest BCUT2D eigenvalue weighted by atomic mass is 10.2. The van der Waals surface area contributed by atoms with E-state index in [1.165, 1.54) is 24.5 Å². The summed E-state index contributed by atoms with van der Waals surface area (Å²) in [7, 11) is 0. The summed E-state index contributed by atoms with van der Waals surface area (Å²) in [5, 5.41) is 13.1. The van der Waals surface area contributed by atoms with Crippen LogP contribution in [0, 0.1) is 6.92 Å². The maximum Gasteiger partial charge on any atom is 0.223 e. The Balaban J connectivity index is 1.56. The van der Waals surface area contributed by atoms with E-state index in [1.54, 1.807) is 13.1 Å². The van der Waals surface area contributed by atoms with Gasteiger partial charge in [-0.1, -0.05) is 43.2 Å². The van der Waals surface area contributed by atoms with Gasteiger partial charge in [0, 0.05) is 25.4 Å².